The van der Waals surface area contributed by atoms with Gasteiger partial charge in [0, 0.05) is 17.5 Å². The molecule has 1 heterocycles. The maximum atomic E-state index is 10.4. The van der Waals surface area contributed by atoms with Crippen LogP contribution in [0, 0.1) is 10.1 Å². The fourth-order valence-electron chi connectivity index (χ4n) is 1.07. The van der Waals surface area contributed by atoms with E-state index in [9.17, 15) is 10.1 Å². The van der Waals surface area contributed by atoms with Crippen molar-refractivity contribution in [3.63, 3.8) is 0 Å². The molecule has 0 aliphatic carbocycles. The van der Waals surface area contributed by atoms with Crippen LogP contribution in [0.4, 0.5) is 17.1 Å². The lowest BCUT2D eigenvalue weighted by Gasteiger charge is -1.91. The standard InChI is InChI=1S/C10H7N3O2S/c14-13(15)10-3-1-8(2-4-10)11-12-9-5-6-16-7-9/h1-7H. The van der Waals surface area contributed by atoms with Crippen molar-refractivity contribution in [1.82, 2.24) is 0 Å². The van der Waals surface area contributed by atoms with Crippen LogP contribution in [0.2, 0.25) is 0 Å². The quantitative estimate of drug-likeness (QED) is 0.455. The molecule has 0 amide bonds. The van der Waals surface area contributed by atoms with Crippen molar-refractivity contribution in [2.75, 3.05) is 0 Å². The SMILES string of the molecule is O=[N+]([O-])c1ccc(N=Nc2ccsc2)cc1. The average Bonchev–Trinajstić information content (AvgIpc) is 2.80. The fraction of sp³-hybridized carbons (Fsp3) is 0. The van der Waals surface area contributed by atoms with Crippen LogP contribution in [0.25, 0.3) is 0 Å². The number of thiophene rings is 1. The van der Waals surface area contributed by atoms with E-state index in [1.165, 1.54) is 23.5 Å². The molecule has 1 aromatic heterocycles. The number of hydrogen-bond donors (Lipinski definition) is 0. The molecule has 16 heavy (non-hydrogen) atoms. The fourth-order valence-corrected chi connectivity index (χ4v) is 1.63. The molecule has 0 N–H and O–H groups in total. The third-order valence-corrected chi connectivity index (χ3v) is 2.52. The number of hydrogen-bond acceptors (Lipinski definition) is 5. The van der Waals surface area contributed by atoms with E-state index in [0.717, 1.165) is 5.69 Å². The Morgan fingerprint density at radius 2 is 1.75 bits per heavy atom. The van der Waals surface area contributed by atoms with E-state index in [4.69, 9.17) is 0 Å². The molecule has 0 aliphatic heterocycles. The van der Waals surface area contributed by atoms with Crippen LogP contribution in [0.1, 0.15) is 0 Å². The first-order valence-electron chi connectivity index (χ1n) is 4.44. The summed E-state index contributed by atoms with van der Waals surface area (Å²) in [6.07, 6.45) is 0. The third-order valence-electron chi connectivity index (χ3n) is 1.85. The highest BCUT2D eigenvalue weighted by molar-refractivity contribution is 7.08. The van der Waals surface area contributed by atoms with E-state index < -0.39 is 4.92 Å². The molecule has 0 atom stereocenters. The van der Waals surface area contributed by atoms with Gasteiger partial charge in [-0.1, -0.05) is 0 Å². The molecule has 0 fully saturated rings. The minimum atomic E-state index is -0.445. The summed E-state index contributed by atoms with van der Waals surface area (Å²) in [7, 11) is 0. The van der Waals surface area contributed by atoms with Crippen LogP contribution in [0.5, 0.6) is 0 Å². The van der Waals surface area contributed by atoms with E-state index in [-0.39, 0.29) is 5.69 Å². The molecule has 0 bridgehead atoms. The van der Waals surface area contributed by atoms with Crippen molar-refractivity contribution in [2.24, 2.45) is 10.2 Å². The largest absolute Gasteiger partial charge is 0.269 e. The van der Waals surface area contributed by atoms with Crippen LogP contribution in [-0.4, -0.2) is 4.92 Å². The Kier molecular flexibility index (Phi) is 3.02. The second-order valence-electron chi connectivity index (χ2n) is 2.96. The molecule has 0 saturated carbocycles. The highest BCUT2D eigenvalue weighted by atomic mass is 32.1. The zero-order chi connectivity index (χ0) is 11.4. The highest BCUT2D eigenvalue weighted by Crippen LogP contribution is 2.22. The van der Waals surface area contributed by atoms with Gasteiger partial charge in [-0.25, -0.2) is 0 Å². The first kappa shape index (κ1) is 10.4. The van der Waals surface area contributed by atoms with Crippen molar-refractivity contribution < 1.29 is 4.92 Å². The zero-order valence-electron chi connectivity index (χ0n) is 8.11. The molecule has 0 unspecified atom stereocenters. The molecule has 80 valence electrons. The number of rotatable bonds is 3. The van der Waals surface area contributed by atoms with Crippen LogP contribution < -0.4 is 0 Å². The van der Waals surface area contributed by atoms with Gasteiger partial charge in [-0.05, 0) is 23.6 Å². The summed E-state index contributed by atoms with van der Waals surface area (Å²) in [5.74, 6) is 0. The van der Waals surface area contributed by atoms with Gasteiger partial charge < -0.3 is 0 Å². The normalized spacial score (nSPS) is 10.8. The van der Waals surface area contributed by atoms with E-state index in [0.29, 0.717) is 5.69 Å². The summed E-state index contributed by atoms with van der Waals surface area (Å²) < 4.78 is 0. The van der Waals surface area contributed by atoms with Crippen molar-refractivity contribution in [2.45, 2.75) is 0 Å². The van der Waals surface area contributed by atoms with Crippen molar-refractivity contribution in [1.29, 1.82) is 0 Å². The lowest BCUT2D eigenvalue weighted by Crippen LogP contribution is -1.85. The van der Waals surface area contributed by atoms with Crippen LogP contribution >= 0.6 is 11.3 Å². The van der Waals surface area contributed by atoms with Crippen molar-refractivity contribution >= 4 is 28.4 Å². The van der Waals surface area contributed by atoms with E-state index in [1.807, 2.05) is 16.8 Å². The number of benzene rings is 1. The number of azo groups is 1. The van der Waals surface area contributed by atoms with Gasteiger partial charge in [-0.15, -0.1) is 5.11 Å². The lowest BCUT2D eigenvalue weighted by molar-refractivity contribution is -0.384. The summed E-state index contributed by atoms with van der Waals surface area (Å²) in [4.78, 5) is 9.97. The maximum Gasteiger partial charge on any atom is 0.269 e. The summed E-state index contributed by atoms with van der Waals surface area (Å²) >= 11 is 1.54. The van der Waals surface area contributed by atoms with Crippen LogP contribution in [0.3, 0.4) is 0 Å². The Morgan fingerprint density at radius 1 is 1.06 bits per heavy atom. The number of non-ortho nitro benzene ring substituents is 1. The summed E-state index contributed by atoms with van der Waals surface area (Å²) in [6, 6.07) is 7.78. The first-order valence-corrected chi connectivity index (χ1v) is 5.38. The molecule has 5 nitrogen and oxygen atoms in total. The van der Waals surface area contributed by atoms with Gasteiger partial charge in [-0.3, -0.25) is 10.1 Å². The molecular formula is C10H7N3O2S. The van der Waals surface area contributed by atoms with E-state index in [1.54, 1.807) is 12.1 Å². The van der Waals surface area contributed by atoms with Crippen molar-refractivity contribution in [3.05, 3.63) is 51.2 Å². The topological polar surface area (TPSA) is 67.9 Å². The van der Waals surface area contributed by atoms with Gasteiger partial charge in [0.15, 0.2) is 0 Å². The Hall–Kier alpha value is -2.08. The lowest BCUT2D eigenvalue weighted by atomic mass is 10.3. The molecular weight excluding hydrogens is 226 g/mol. The molecule has 2 aromatic rings. The third kappa shape index (κ3) is 2.48. The summed E-state index contributed by atoms with van der Waals surface area (Å²) in [6.45, 7) is 0. The van der Waals surface area contributed by atoms with E-state index in [2.05, 4.69) is 10.2 Å². The van der Waals surface area contributed by atoms with Gasteiger partial charge in [0.25, 0.3) is 5.69 Å². The molecule has 2 rings (SSSR count). The predicted octanol–water partition coefficient (Wildman–Crippen LogP) is 4.07. The van der Waals surface area contributed by atoms with Gasteiger partial charge >= 0.3 is 0 Å². The Labute approximate surface area is 95.2 Å². The number of nitro benzene ring substituents is 1. The molecule has 0 spiro atoms. The summed E-state index contributed by atoms with van der Waals surface area (Å²) in [5.41, 5.74) is 1.43. The average molecular weight is 233 g/mol. The number of nitro groups is 1. The molecule has 6 heteroatoms. The summed E-state index contributed by atoms with van der Waals surface area (Å²) in [5, 5.41) is 22.1. The Bertz CT molecular complexity index is 505. The minimum absolute atomic E-state index is 0.0504. The monoisotopic (exact) mass is 233 g/mol. The Balaban J connectivity index is 2.14. The van der Waals surface area contributed by atoms with E-state index >= 15 is 0 Å². The highest BCUT2D eigenvalue weighted by Gasteiger charge is 2.02. The van der Waals surface area contributed by atoms with Crippen LogP contribution in [0.15, 0.2) is 51.3 Å². The van der Waals surface area contributed by atoms with Gasteiger partial charge in [0.05, 0.1) is 16.3 Å². The second kappa shape index (κ2) is 4.63. The molecule has 0 radical (unpaired) electrons. The minimum Gasteiger partial charge on any atom is -0.258 e. The molecule has 0 saturated heterocycles. The Morgan fingerprint density at radius 3 is 2.31 bits per heavy atom. The number of nitrogens with zero attached hydrogens (tertiary/aromatic N) is 3. The zero-order valence-corrected chi connectivity index (χ0v) is 8.92. The predicted molar refractivity (Wildman–Crippen MR) is 61.6 cm³/mol. The molecule has 1 aromatic carbocycles. The molecule has 0 aliphatic rings. The first-order chi connectivity index (χ1) is 7.75. The maximum absolute atomic E-state index is 10.4. The van der Waals surface area contributed by atoms with Gasteiger partial charge in [0.2, 0.25) is 0 Å². The van der Waals surface area contributed by atoms with Crippen molar-refractivity contribution in [3.8, 4) is 0 Å². The second-order valence-corrected chi connectivity index (χ2v) is 3.74. The van der Waals surface area contributed by atoms with Gasteiger partial charge in [0.1, 0.15) is 0 Å². The smallest absolute Gasteiger partial charge is 0.258 e. The van der Waals surface area contributed by atoms with Crippen LogP contribution in [-0.2, 0) is 0 Å². The van der Waals surface area contributed by atoms with Gasteiger partial charge in [-0.2, -0.15) is 16.5 Å².